The first kappa shape index (κ1) is 24.4. The van der Waals surface area contributed by atoms with Crippen LogP contribution in [0.3, 0.4) is 0 Å². The lowest BCUT2D eigenvalue weighted by molar-refractivity contribution is 0.473. The molecular weight excluding hydrogens is 491 g/mol. The molecule has 7 nitrogen and oxygen atoms in total. The van der Waals surface area contributed by atoms with E-state index in [4.69, 9.17) is 4.42 Å². The Morgan fingerprint density at radius 1 is 1.18 bits per heavy atom. The van der Waals surface area contributed by atoms with Gasteiger partial charge in [-0.05, 0) is 32.8 Å². The van der Waals surface area contributed by atoms with Crippen LogP contribution >= 0.6 is 24.0 Å². The van der Waals surface area contributed by atoms with Gasteiger partial charge in [-0.2, -0.15) is 0 Å². The van der Waals surface area contributed by atoms with Crippen LogP contribution in [0, 0.1) is 13.8 Å². The Morgan fingerprint density at radius 2 is 1.89 bits per heavy atom. The van der Waals surface area contributed by atoms with Crippen LogP contribution in [0.25, 0.3) is 0 Å². The number of hydrogen-bond acceptors (Lipinski definition) is 5. The van der Waals surface area contributed by atoms with E-state index in [0.717, 1.165) is 17.0 Å². The Morgan fingerprint density at radius 3 is 2.50 bits per heavy atom. The minimum absolute atomic E-state index is 0. The molecular formula is C19H29IN4O3S. The van der Waals surface area contributed by atoms with Gasteiger partial charge in [-0.1, -0.05) is 30.3 Å². The van der Waals surface area contributed by atoms with E-state index in [2.05, 4.69) is 20.6 Å². The molecule has 1 heterocycles. The van der Waals surface area contributed by atoms with Crippen LogP contribution in [0.5, 0.6) is 0 Å². The molecule has 9 heteroatoms. The van der Waals surface area contributed by atoms with E-state index in [-0.39, 0.29) is 35.5 Å². The van der Waals surface area contributed by atoms with Gasteiger partial charge in [-0.25, -0.2) is 18.4 Å². The summed E-state index contributed by atoms with van der Waals surface area (Å²) in [5.74, 6) is 2.18. The summed E-state index contributed by atoms with van der Waals surface area (Å²) in [5, 5.41) is 6.29. The fourth-order valence-electron chi connectivity index (χ4n) is 2.49. The largest absolute Gasteiger partial charge is 0.444 e. The molecule has 0 aliphatic heterocycles. The Labute approximate surface area is 184 Å². The molecule has 2 rings (SSSR count). The number of benzene rings is 1. The highest BCUT2D eigenvalue weighted by atomic mass is 127. The summed E-state index contributed by atoms with van der Waals surface area (Å²) >= 11 is 0. The summed E-state index contributed by atoms with van der Waals surface area (Å²) < 4.78 is 30.0. The molecule has 1 aromatic heterocycles. The second kappa shape index (κ2) is 12.1. The van der Waals surface area contributed by atoms with E-state index in [9.17, 15) is 8.42 Å². The fourth-order valence-corrected chi connectivity index (χ4v) is 3.92. The van der Waals surface area contributed by atoms with Crippen LogP contribution in [-0.2, 0) is 22.1 Å². The number of aromatic nitrogens is 1. The summed E-state index contributed by atoms with van der Waals surface area (Å²) in [7, 11) is -3.13. The SMILES string of the molecule is CCNC(=NCc1nc(C)c(C)o1)NCCCS(=O)(=O)Cc1ccccc1.I. The van der Waals surface area contributed by atoms with Gasteiger partial charge in [-0.15, -0.1) is 24.0 Å². The molecule has 2 aromatic rings. The number of sulfone groups is 1. The van der Waals surface area contributed by atoms with E-state index in [1.807, 2.05) is 51.1 Å². The van der Waals surface area contributed by atoms with Crippen molar-refractivity contribution >= 4 is 39.8 Å². The van der Waals surface area contributed by atoms with Gasteiger partial charge >= 0.3 is 0 Å². The number of aryl methyl sites for hydroxylation is 2. The molecule has 0 amide bonds. The van der Waals surface area contributed by atoms with Crippen LogP contribution in [0.15, 0.2) is 39.7 Å². The third-order valence-corrected chi connectivity index (χ3v) is 5.63. The first-order chi connectivity index (χ1) is 12.9. The minimum Gasteiger partial charge on any atom is -0.444 e. The number of nitrogens with one attached hydrogen (secondary N) is 2. The van der Waals surface area contributed by atoms with Crippen molar-refractivity contribution in [3.8, 4) is 0 Å². The minimum atomic E-state index is -3.13. The predicted molar refractivity (Wildman–Crippen MR) is 123 cm³/mol. The van der Waals surface area contributed by atoms with Crippen LogP contribution < -0.4 is 10.6 Å². The number of aliphatic imine (C=N–C) groups is 1. The fraction of sp³-hybridized carbons (Fsp3) is 0.474. The van der Waals surface area contributed by atoms with Gasteiger partial charge in [0.25, 0.3) is 0 Å². The molecule has 28 heavy (non-hydrogen) atoms. The van der Waals surface area contributed by atoms with Gasteiger partial charge in [0.1, 0.15) is 12.3 Å². The zero-order chi connectivity index (χ0) is 19.7. The van der Waals surface area contributed by atoms with Crippen molar-refractivity contribution in [2.24, 2.45) is 4.99 Å². The maximum Gasteiger partial charge on any atom is 0.216 e. The number of oxazole rings is 1. The lowest BCUT2D eigenvalue weighted by Crippen LogP contribution is -2.38. The Balaban J connectivity index is 0.00000392. The quantitative estimate of drug-likeness (QED) is 0.229. The Bertz CT molecular complexity index is 832. The predicted octanol–water partition coefficient (Wildman–Crippen LogP) is 2.97. The monoisotopic (exact) mass is 520 g/mol. The van der Waals surface area contributed by atoms with Gasteiger partial charge in [0.2, 0.25) is 5.89 Å². The van der Waals surface area contributed by atoms with Crippen molar-refractivity contribution in [3.63, 3.8) is 0 Å². The molecule has 0 aliphatic rings. The van der Waals surface area contributed by atoms with Gasteiger partial charge in [0.15, 0.2) is 15.8 Å². The van der Waals surface area contributed by atoms with E-state index in [0.29, 0.717) is 37.9 Å². The second-order valence-electron chi connectivity index (χ2n) is 6.30. The number of guanidine groups is 1. The molecule has 0 saturated heterocycles. The van der Waals surface area contributed by atoms with E-state index < -0.39 is 9.84 Å². The van der Waals surface area contributed by atoms with Gasteiger partial charge in [0, 0.05) is 13.1 Å². The van der Waals surface area contributed by atoms with Crippen LogP contribution in [-0.4, -0.2) is 38.2 Å². The number of nitrogens with zero attached hydrogens (tertiary/aromatic N) is 2. The standard InChI is InChI=1S/C19H28N4O3S.HI/c1-4-20-19(22-13-18-23-15(2)16(3)26-18)21-11-8-12-27(24,25)14-17-9-6-5-7-10-17;/h5-7,9-10H,4,8,11-14H2,1-3H3,(H2,20,21,22);1H. The zero-order valence-corrected chi connectivity index (χ0v) is 19.7. The third kappa shape index (κ3) is 8.59. The maximum atomic E-state index is 12.2. The highest BCUT2D eigenvalue weighted by Crippen LogP contribution is 2.09. The number of halogens is 1. The summed E-state index contributed by atoms with van der Waals surface area (Å²) in [6.45, 7) is 7.29. The Kier molecular flexibility index (Phi) is 10.5. The molecule has 156 valence electrons. The highest BCUT2D eigenvalue weighted by molar-refractivity contribution is 14.0. The molecule has 1 aromatic carbocycles. The van der Waals surface area contributed by atoms with Crippen molar-refractivity contribution in [3.05, 3.63) is 53.2 Å². The average Bonchev–Trinajstić information content (AvgIpc) is 2.95. The average molecular weight is 520 g/mol. The van der Waals surface area contributed by atoms with Crippen molar-refractivity contribution in [1.82, 2.24) is 15.6 Å². The number of hydrogen-bond donors (Lipinski definition) is 2. The Hall–Kier alpha value is -1.62. The summed E-state index contributed by atoms with van der Waals surface area (Å²) in [6, 6.07) is 9.24. The summed E-state index contributed by atoms with van der Waals surface area (Å²) in [6.07, 6.45) is 0.511. The van der Waals surface area contributed by atoms with Crippen molar-refractivity contribution < 1.29 is 12.8 Å². The summed E-state index contributed by atoms with van der Waals surface area (Å²) in [4.78, 5) is 8.73. The smallest absolute Gasteiger partial charge is 0.216 e. The highest BCUT2D eigenvalue weighted by Gasteiger charge is 2.12. The molecule has 2 N–H and O–H groups in total. The lowest BCUT2D eigenvalue weighted by atomic mass is 10.2. The molecule has 0 saturated carbocycles. The van der Waals surface area contributed by atoms with E-state index in [1.54, 1.807) is 0 Å². The molecule has 0 radical (unpaired) electrons. The third-order valence-electron chi connectivity index (χ3n) is 3.94. The number of rotatable bonds is 9. The maximum absolute atomic E-state index is 12.2. The lowest BCUT2D eigenvalue weighted by Gasteiger charge is -2.11. The second-order valence-corrected chi connectivity index (χ2v) is 8.49. The molecule has 0 bridgehead atoms. The normalized spacial score (nSPS) is 11.8. The van der Waals surface area contributed by atoms with Crippen LogP contribution in [0.1, 0.15) is 36.3 Å². The van der Waals surface area contributed by atoms with Crippen molar-refractivity contribution in [2.45, 2.75) is 39.5 Å². The topological polar surface area (TPSA) is 96.6 Å². The van der Waals surface area contributed by atoms with Crippen LogP contribution in [0.4, 0.5) is 0 Å². The van der Waals surface area contributed by atoms with Gasteiger partial charge in [0.05, 0.1) is 17.2 Å². The van der Waals surface area contributed by atoms with Crippen molar-refractivity contribution in [1.29, 1.82) is 0 Å². The van der Waals surface area contributed by atoms with E-state index >= 15 is 0 Å². The van der Waals surface area contributed by atoms with Crippen LogP contribution in [0.2, 0.25) is 0 Å². The van der Waals surface area contributed by atoms with Gasteiger partial charge < -0.3 is 15.1 Å². The molecule has 0 aliphatic carbocycles. The van der Waals surface area contributed by atoms with E-state index in [1.165, 1.54) is 0 Å². The first-order valence-corrected chi connectivity index (χ1v) is 10.9. The molecule has 0 fully saturated rings. The molecule has 0 atom stereocenters. The van der Waals surface area contributed by atoms with Gasteiger partial charge in [-0.3, -0.25) is 0 Å². The molecule has 0 unspecified atom stereocenters. The summed E-state index contributed by atoms with van der Waals surface area (Å²) in [5.41, 5.74) is 1.68. The molecule has 0 spiro atoms. The zero-order valence-electron chi connectivity index (χ0n) is 16.6. The van der Waals surface area contributed by atoms with Crippen molar-refractivity contribution in [2.75, 3.05) is 18.8 Å². The first-order valence-electron chi connectivity index (χ1n) is 9.09.